The molecule has 0 saturated carbocycles. The van der Waals surface area contributed by atoms with E-state index in [-0.39, 0.29) is 22.4 Å². The maximum absolute atomic E-state index is 13.3. The minimum absolute atomic E-state index is 0.0441. The van der Waals surface area contributed by atoms with Crippen molar-refractivity contribution < 1.29 is 13.2 Å². The molecule has 4 aromatic rings. The van der Waals surface area contributed by atoms with Crippen LogP contribution in [-0.4, -0.2) is 14.1 Å². The molecule has 0 fully saturated rings. The first-order valence-corrected chi connectivity index (χ1v) is 8.47. The molecule has 0 spiro atoms. The quantitative estimate of drug-likeness (QED) is 0.537. The Hall–Kier alpha value is -3.26. The van der Waals surface area contributed by atoms with Crippen LogP contribution in [0.3, 0.4) is 0 Å². The Kier molecular flexibility index (Phi) is 4.15. The summed E-state index contributed by atoms with van der Waals surface area (Å²) in [5.74, 6) is 0. The van der Waals surface area contributed by atoms with Gasteiger partial charge in [0.05, 0.1) is 11.4 Å². The number of halogens is 4. The molecule has 0 saturated heterocycles. The Balaban J connectivity index is 2.16. The van der Waals surface area contributed by atoms with Gasteiger partial charge in [0.1, 0.15) is 17.0 Å². The van der Waals surface area contributed by atoms with Gasteiger partial charge in [-0.05, 0) is 48.5 Å². The average Bonchev–Trinajstić information content (AvgIpc) is 3.16. The van der Waals surface area contributed by atoms with Crippen molar-refractivity contribution in [1.29, 1.82) is 0 Å². The lowest BCUT2D eigenvalue weighted by Crippen LogP contribution is -2.26. The summed E-state index contributed by atoms with van der Waals surface area (Å²) in [6, 6.07) is 11.6. The van der Waals surface area contributed by atoms with E-state index >= 15 is 0 Å². The van der Waals surface area contributed by atoms with Crippen LogP contribution in [0, 0.1) is 0 Å². The molecule has 0 unspecified atom stereocenters. The fourth-order valence-corrected chi connectivity index (χ4v) is 3.12. The summed E-state index contributed by atoms with van der Waals surface area (Å²) >= 11 is 5.90. The number of fused-ring (bicyclic) bond motifs is 1. The molecule has 2 N–H and O–H groups in total. The third kappa shape index (κ3) is 2.91. The fourth-order valence-electron chi connectivity index (χ4n) is 2.99. The Morgan fingerprint density at radius 1 is 1.00 bits per heavy atom. The van der Waals surface area contributed by atoms with Gasteiger partial charge in [0.2, 0.25) is 0 Å². The van der Waals surface area contributed by atoms with Gasteiger partial charge in [0.15, 0.2) is 0 Å². The van der Waals surface area contributed by atoms with Crippen LogP contribution in [0.1, 0.15) is 5.69 Å². The highest BCUT2D eigenvalue weighted by Gasteiger charge is 2.33. The Morgan fingerprint density at radius 2 is 1.64 bits per heavy atom. The molecular formula is C19H12ClF3N4O. The van der Waals surface area contributed by atoms with Crippen LogP contribution in [0.25, 0.3) is 22.4 Å². The number of anilines is 1. The van der Waals surface area contributed by atoms with Crippen LogP contribution in [0.15, 0.2) is 65.7 Å². The van der Waals surface area contributed by atoms with Gasteiger partial charge in [-0.1, -0.05) is 11.6 Å². The smallest absolute Gasteiger partial charge is 0.396 e. The third-order valence-electron chi connectivity index (χ3n) is 4.28. The van der Waals surface area contributed by atoms with Gasteiger partial charge >= 0.3 is 6.18 Å². The summed E-state index contributed by atoms with van der Waals surface area (Å²) in [6.07, 6.45) is -1.41. The van der Waals surface area contributed by atoms with Crippen molar-refractivity contribution in [2.45, 2.75) is 6.18 Å². The highest BCUT2D eigenvalue weighted by atomic mass is 35.5. The minimum atomic E-state index is -4.66. The van der Waals surface area contributed by atoms with Crippen molar-refractivity contribution in [3.8, 4) is 11.4 Å². The lowest BCUT2D eigenvalue weighted by molar-refractivity contribution is -0.141. The molecule has 1 aromatic carbocycles. The molecule has 5 nitrogen and oxygen atoms in total. The number of hydrogen-bond donors (Lipinski definition) is 1. The van der Waals surface area contributed by atoms with Gasteiger partial charge in [-0.2, -0.15) is 13.2 Å². The van der Waals surface area contributed by atoms with Crippen molar-refractivity contribution >= 4 is 28.3 Å². The van der Waals surface area contributed by atoms with Gasteiger partial charge in [0, 0.05) is 22.8 Å². The highest BCUT2D eigenvalue weighted by molar-refractivity contribution is 6.30. The molecule has 0 radical (unpaired) electrons. The van der Waals surface area contributed by atoms with Crippen molar-refractivity contribution in [3.63, 3.8) is 0 Å². The number of rotatable bonds is 2. The van der Waals surface area contributed by atoms with E-state index < -0.39 is 17.4 Å². The standard InChI is InChI=1S/C19H12ClF3N4O/c20-11-3-5-12(6-4-11)27-17-13(7-8-14(25-17)19(21,22)23)15(24)16(18(27)28)26-9-1-2-10-26/h1-10H,24H2. The average molecular weight is 405 g/mol. The first-order chi connectivity index (χ1) is 13.3. The molecule has 3 heterocycles. The minimum Gasteiger partial charge on any atom is -0.396 e. The zero-order valence-electron chi connectivity index (χ0n) is 14.1. The third-order valence-corrected chi connectivity index (χ3v) is 4.53. The van der Waals surface area contributed by atoms with Gasteiger partial charge in [-0.3, -0.25) is 9.36 Å². The van der Waals surface area contributed by atoms with Gasteiger partial charge in [-0.25, -0.2) is 4.98 Å². The second-order valence-electron chi connectivity index (χ2n) is 6.03. The summed E-state index contributed by atoms with van der Waals surface area (Å²) in [5, 5.41) is 0.650. The predicted octanol–water partition coefficient (Wildman–Crippen LogP) is 4.43. The molecular weight excluding hydrogens is 393 g/mol. The largest absolute Gasteiger partial charge is 0.433 e. The summed E-state index contributed by atoms with van der Waals surface area (Å²) in [5.41, 5.74) is 4.75. The molecule has 3 aromatic heterocycles. The van der Waals surface area contributed by atoms with Crippen molar-refractivity contribution in [3.05, 3.63) is 82.0 Å². The van der Waals surface area contributed by atoms with Crippen molar-refractivity contribution in [2.24, 2.45) is 0 Å². The number of hydrogen-bond acceptors (Lipinski definition) is 3. The van der Waals surface area contributed by atoms with E-state index in [1.54, 1.807) is 24.5 Å². The molecule has 0 atom stereocenters. The SMILES string of the molecule is Nc1c(-n2cccc2)c(=O)n(-c2ccc(Cl)cc2)c2nc(C(F)(F)F)ccc12. The molecule has 28 heavy (non-hydrogen) atoms. The zero-order chi connectivity index (χ0) is 20.1. The van der Waals surface area contributed by atoms with Gasteiger partial charge in [0.25, 0.3) is 5.56 Å². The van der Waals surface area contributed by atoms with Crippen LogP contribution >= 0.6 is 11.6 Å². The lowest BCUT2D eigenvalue weighted by Gasteiger charge is -2.17. The topological polar surface area (TPSA) is 65.8 Å². The highest BCUT2D eigenvalue weighted by Crippen LogP contribution is 2.32. The Bertz CT molecular complexity index is 1230. The lowest BCUT2D eigenvalue weighted by atomic mass is 10.1. The maximum atomic E-state index is 13.3. The number of nitrogens with zero attached hydrogens (tertiary/aromatic N) is 3. The Labute approximate surface area is 161 Å². The normalized spacial score (nSPS) is 11.9. The zero-order valence-corrected chi connectivity index (χ0v) is 14.9. The van der Waals surface area contributed by atoms with Crippen molar-refractivity contribution in [1.82, 2.24) is 14.1 Å². The summed E-state index contributed by atoms with van der Waals surface area (Å²) < 4.78 is 42.2. The summed E-state index contributed by atoms with van der Waals surface area (Å²) in [7, 11) is 0. The van der Waals surface area contributed by atoms with E-state index in [4.69, 9.17) is 17.3 Å². The fraction of sp³-hybridized carbons (Fsp3) is 0.0526. The molecule has 0 aliphatic carbocycles. The first-order valence-electron chi connectivity index (χ1n) is 8.09. The molecule has 0 aliphatic rings. The van der Waals surface area contributed by atoms with Gasteiger partial charge in [-0.15, -0.1) is 0 Å². The van der Waals surface area contributed by atoms with E-state index in [1.807, 2.05) is 0 Å². The van der Waals surface area contributed by atoms with E-state index in [0.717, 1.165) is 10.6 Å². The predicted molar refractivity (Wildman–Crippen MR) is 101 cm³/mol. The van der Waals surface area contributed by atoms with E-state index in [9.17, 15) is 18.0 Å². The van der Waals surface area contributed by atoms with E-state index in [0.29, 0.717) is 10.7 Å². The molecule has 0 aliphatic heterocycles. The summed E-state index contributed by atoms with van der Waals surface area (Å²) in [6.45, 7) is 0. The first kappa shape index (κ1) is 18.1. The second-order valence-corrected chi connectivity index (χ2v) is 6.47. The van der Waals surface area contributed by atoms with Crippen LogP contribution in [0.2, 0.25) is 5.02 Å². The molecule has 0 bridgehead atoms. The number of aromatic nitrogens is 3. The summed E-state index contributed by atoms with van der Waals surface area (Å²) in [4.78, 5) is 17.0. The molecule has 4 rings (SSSR count). The maximum Gasteiger partial charge on any atom is 0.433 e. The number of alkyl halides is 3. The van der Waals surface area contributed by atoms with Gasteiger partial charge < -0.3 is 10.3 Å². The monoisotopic (exact) mass is 404 g/mol. The Morgan fingerprint density at radius 3 is 2.25 bits per heavy atom. The number of benzene rings is 1. The van der Waals surface area contributed by atoms with Crippen LogP contribution in [0.4, 0.5) is 18.9 Å². The molecule has 142 valence electrons. The second kappa shape index (κ2) is 6.42. The van der Waals surface area contributed by atoms with Crippen molar-refractivity contribution in [2.75, 3.05) is 5.73 Å². The van der Waals surface area contributed by atoms with E-state index in [2.05, 4.69) is 4.98 Å². The van der Waals surface area contributed by atoms with Crippen LogP contribution < -0.4 is 11.3 Å². The number of pyridine rings is 2. The number of nitrogen functional groups attached to an aromatic ring is 1. The van der Waals surface area contributed by atoms with Crippen LogP contribution in [0.5, 0.6) is 0 Å². The van der Waals surface area contributed by atoms with E-state index in [1.165, 1.54) is 34.9 Å². The number of nitrogens with two attached hydrogens (primary N) is 1. The molecule has 0 amide bonds. The molecule has 9 heteroatoms. The van der Waals surface area contributed by atoms with Crippen LogP contribution in [-0.2, 0) is 6.18 Å².